The van der Waals surface area contributed by atoms with Gasteiger partial charge in [-0.3, -0.25) is 4.79 Å². The summed E-state index contributed by atoms with van der Waals surface area (Å²) in [5.41, 5.74) is 0. The molecule has 0 aliphatic heterocycles. The van der Waals surface area contributed by atoms with Crippen LogP contribution in [0.5, 0.6) is 11.5 Å². The number of nitrogens with one attached hydrogen (secondary N) is 1. The highest BCUT2D eigenvalue weighted by Crippen LogP contribution is 2.15. The number of carbonyl (C=O) groups excluding carboxylic acids is 1. The van der Waals surface area contributed by atoms with Gasteiger partial charge in [0.25, 0.3) is 5.91 Å². The van der Waals surface area contributed by atoms with Crippen molar-refractivity contribution in [2.24, 2.45) is 0 Å². The summed E-state index contributed by atoms with van der Waals surface area (Å²) in [6.45, 7) is 0.538. The molecule has 22 heavy (non-hydrogen) atoms. The second-order valence-electron chi connectivity index (χ2n) is 4.39. The van der Waals surface area contributed by atoms with Crippen LogP contribution in [0.2, 0.25) is 5.02 Å². The Bertz CT molecular complexity index is 602. The molecule has 0 saturated heterocycles. The standard InChI is InChI=1S/C16H15ClFNO3/c17-12-1-5-15(6-2-12)22-11-16(20)19-9-10-21-14-7-3-13(18)4-8-14/h1-8H,9-11H2,(H,19,20). The van der Waals surface area contributed by atoms with E-state index in [0.29, 0.717) is 23.1 Å². The van der Waals surface area contributed by atoms with Gasteiger partial charge in [-0.15, -0.1) is 0 Å². The molecule has 0 spiro atoms. The Morgan fingerprint density at radius 1 is 1.00 bits per heavy atom. The Morgan fingerprint density at radius 3 is 2.27 bits per heavy atom. The topological polar surface area (TPSA) is 47.6 Å². The molecule has 0 atom stereocenters. The summed E-state index contributed by atoms with van der Waals surface area (Å²) in [6, 6.07) is 12.4. The molecule has 0 radical (unpaired) electrons. The van der Waals surface area contributed by atoms with Gasteiger partial charge in [0.2, 0.25) is 0 Å². The number of benzene rings is 2. The van der Waals surface area contributed by atoms with Gasteiger partial charge in [-0.05, 0) is 48.5 Å². The number of rotatable bonds is 7. The molecule has 116 valence electrons. The van der Waals surface area contributed by atoms with Gasteiger partial charge in [-0.2, -0.15) is 0 Å². The molecular formula is C16H15ClFNO3. The fourth-order valence-electron chi connectivity index (χ4n) is 1.62. The van der Waals surface area contributed by atoms with Crippen molar-refractivity contribution in [1.29, 1.82) is 0 Å². The van der Waals surface area contributed by atoms with Crippen LogP contribution >= 0.6 is 11.6 Å². The number of carbonyl (C=O) groups is 1. The van der Waals surface area contributed by atoms with Crippen molar-refractivity contribution in [2.45, 2.75) is 0 Å². The third-order valence-electron chi connectivity index (χ3n) is 2.69. The Hall–Kier alpha value is -2.27. The lowest BCUT2D eigenvalue weighted by Crippen LogP contribution is -2.32. The van der Waals surface area contributed by atoms with Crippen LogP contribution in [0.3, 0.4) is 0 Å². The molecule has 0 aromatic heterocycles. The lowest BCUT2D eigenvalue weighted by molar-refractivity contribution is -0.123. The summed E-state index contributed by atoms with van der Waals surface area (Å²) < 4.78 is 23.3. The maximum atomic E-state index is 12.7. The molecule has 6 heteroatoms. The maximum Gasteiger partial charge on any atom is 0.258 e. The van der Waals surface area contributed by atoms with Gasteiger partial charge in [-0.1, -0.05) is 11.6 Å². The Labute approximate surface area is 132 Å². The van der Waals surface area contributed by atoms with E-state index >= 15 is 0 Å². The Morgan fingerprint density at radius 2 is 1.59 bits per heavy atom. The minimum absolute atomic E-state index is 0.0851. The summed E-state index contributed by atoms with van der Waals surface area (Å²) in [6.07, 6.45) is 0. The molecule has 0 aliphatic rings. The van der Waals surface area contributed by atoms with Gasteiger partial charge >= 0.3 is 0 Å². The minimum Gasteiger partial charge on any atom is -0.492 e. The fraction of sp³-hybridized carbons (Fsp3) is 0.188. The highest BCUT2D eigenvalue weighted by molar-refractivity contribution is 6.30. The van der Waals surface area contributed by atoms with E-state index in [-0.39, 0.29) is 24.9 Å². The Kier molecular flexibility index (Phi) is 6.03. The predicted octanol–water partition coefficient (Wildman–Crippen LogP) is 3.05. The largest absolute Gasteiger partial charge is 0.492 e. The molecule has 4 nitrogen and oxygen atoms in total. The molecule has 2 aromatic carbocycles. The van der Waals surface area contributed by atoms with Gasteiger partial charge in [0, 0.05) is 5.02 Å². The first-order valence-electron chi connectivity index (χ1n) is 6.67. The van der Waals surface area contributed by atoms with Crippen LogP contribution in [0.1, 0.15) is 0 Å². The molecule has 0 saturated carbocycles. The van der Waals surface area contributed by atoms with E-state index in [1.807, 2.05) is 0 Å². The van der Waals surface area contributed by atoms with Gasteiger partial charge in [-0.25, -0.2) is 4.39 Å². The highest BCUT2D eigenvalue weighted by Gasteiger charge is 2.02. The van der Waals surface area contributed by atoms with E-state index < -0.39 is 0 Å². The van der Waals surface area contributed by atoms with Crippen molar-refractivity contribution in [3.63, 3.8) is 0 Å². The molecule has 0 heterocycles. The number of hydrogen-bond acceptors (Lipinski definition) is 3. The van der Waals surface area contributed by atoms with Crippen molar-refractivity contribution in [2.75, 3.05) is 19.8 Å². The second-order valence-corrected chi connectivity index (χ2v) is 4.83. The zero-order chi connectivity index (χ0) is 15.8. The normalized spacial score (nSPS) is 10.1. The molecule has 2 aromatic rings. The van der Waals surface area contributed by atoms with Crippen LogP contribution < -0.4 is 14.8 Å². The maximum absolute atomic E-state index is 12.7. The van der Waals surface area contributed by atoms with Crippen molar-refractivity contribution in [3.8, 4) is 11.5 Å². The van der Waals surface area contributed by atoms with E-state index in [0.717, 1.165) is 0 Å². The predicted molar refractivity (Wildman–Crippen MR) is 81.9 cm³/mol. The highest BCUT2D eigenvalue weighted by atomic mass is 35.5. The van der Waals surface area contributed by atoms with Crippen molar-refractivity contribution < 1.29 is 18.7 Å². The molecule has 1 amide bonds. The third-order valence-corrected chi connectivity index (χ3v) is 2.94. The minimum atomic E-state index is -0.319. The quantitative estimate of drug-likeness (QED) is 0.797. The molecule has 0 fully saturated rings. The monoisotopic (exact) mass is 323 g/mol. The first kappa shape index (κ1) is 16.1. The Balaban J connectivity index is 1.61. The third kappa shape index (κ3) is 5.61. The number of ether oxygens (including phenoxy) is 2. The summed E-state index contributed by atoms with van der Waals surface area (Å²) in [4.78, 5) is 11.6. The van der Waals surface area contributed by atoms with Crippen molar-refractivity contribution >= 4 is 17.5 Å². The van der Waals surface area contributed by atoms with Crippen LogP contribution in [0.25, 0.3) is 0 Å². The summed E-state index contributed by atoms with van der Waals surface area (Å²) in [5.74, 6) is 0.549. The molecule has 0 aliphatic carbocycles. The van der Waals surface area contributed by atoms with Crippen LogP contribution in [-0.4, -0.2) is 25.7 Å². The number of amides is 1. The molecule has 1 N–H and O–H groups in total. The van der Waals surface area contributed by atoms with Crippen molar-refractivity contribution in [1.82, 2.24) is 5.32 Å². The summed E-state index contributed by atoms with van der Waals surface area (Å²) in [5, 5.41) is 3.26. The fourth-order valence-corrected chi connectivity index (χ4v) is 1.75. The van der Waals surface area contributed by atoms with Gasteiger partial charge < -0.3 is 14.8 Å². The van der Waals surface area contributed by atoms with Gasteiger partial charge in [0.15, 0.2) is 6.61 Å². The van der Waals surface area contributed by atoms with Gasteiger partial charge in [0.05, 0.1) is 6.54 Å². The SMILES string of the molecule is O=C(COc1ccc(Cl)cc1)NCCOc1ccc(F)cc1. The van der Waals surface area contributed by atoms with E-state index in [9.17, 15) is 9.18 Å². The van der Waals surface area contributed by atoms with Gasteiger partial charge in [0.1, 0.15) is 23.9 Å². The van der Waals surface area contributed by atoms with Crippen LogP contribution in [0.15, 0.2) is 48.5 Å². The summed E-state index contributed by atoms with van der Waals surface area (Å²) >= 11 is 5.75. The molecular weight excluding hydrogens is 309 g/mol. The molecule has 0 unspecified atom stereocenters. The second kappa shape index (κ2) is 8.24. The molecule has 0 bridgehead atoms. The average molecular weight is 324 g/mol. The van der Waals surface area contributed by atoms with E-state index in [1.165, 1.54) is 24.3 Å². The van der Waals surface area contributed by atoms with Crippen LogP contribution in [0, 0.1) is 5.82 Å². The zero-order valence-corrected chi connectivity index (χ0v) is 12.5. The van der Waals surface area contributed by atoms with Crippen LogP contribution in [0.4, 0.5) is 4.39 Å². The number of halogens is 2. The lowest BCUT2D eigenvalue weighted by atomic mass is 10.3. The molecule has 2 rings (SSSR count). The lowest BCUT2D eigenvalue weighted by Gasteiger charge is -2.09. The van der Waals surface area contributed by atoms with E-state index in [1.54, 1.807) is 24.3 Å². The van der Waals surface area contributed by atoms with Crippen molar-refractivity contribution in [3.05, 3.63) is 59.4 Å². The first-order valence-corrected chi connectivity index (χ1v) is 7.05. The van der Waals surface area contributed by atoms with Crippen LogP contribution in [-0.2, 0) is 4.79 Å². The average Bonchev–Trinajstić information content (AvgIpc) is 2.53. The zero-order valence-electron chi connectivity index (χ0n) is 11.7. The van der Waals surface area contributed by atoms with E-state index in [4.69, 9.17) is 21.1 Å². The number of hydrogen-bond donors (Lipinski definition) is 1. The smallest absolute Gasteiger partial charge is 0.258 e. The summed E-state index contributed by atoms with van der Waals surface area (Å²) in [7, 11) is 0. The van der Waals surface area contributed by atoms with E-state index in [2.05, 4.69) is 5.32 Å². The first-order chi connectivity index (χ1) is 10.6.